The number of hydrogen-bond donors (Lipinski definition) is 1. The Kier molecular flexibility index (Phi) is 3.06. The number of halogens is 1. The van der Waals surface area contributed by atoms with Crippen molar-refractivity contribution in [3.8, 4) is 0 Å². The van der Waals surface area contributed by atoms with Gasteiger partial charge in [0.25, 0.3) is 0 Å². The summed E-state index contributed by atoms with van der Waals surface area (Å²) in [6.45, 7) is 2.68. The first kappa shape index (κ1) is 11.3. The molecule has 0 bridgehead atoms. The lowest BCUT2D eigenvalue weighted by atomic mass is 9.94. The molecule has 1 unspecified atom stereocenters. The number of nitrogens with one attached hydrogen (secondary N) is 1. The fourth-order valence-corrected chi connectivity index (χ4v) is 2.13. The predicted octanol–water partition coefficient (Wildman–Crippen LogP) is 2.13. The molecule has 1 aliphatic rings. The zero-order valence-corrected chi connectivity index (χ0v) is 9.42. The second-order valence-corrected chi connectivity index (χ2v) is 4.51. The van der Waals surface area contributed by atoms with E-state index in [1.165, 1.54) is 6.92 Å². The number of ketones is 1. The van der Waals surface area contributed by atoms with Crippen molar-refractivity contribution < 1.29 is 9.18 Å². The quantitative estimate of drug-likeness (QED) is 0.792. The van der Waals surface area contributed by atoms with Crippen molar-refractivity contribution in [2.24, 2.45) is 0 Å². The van der Waals surface area contributed by atoms with Crippen LogP contribution in [0.15, 0.2) is 24.3 Å². The monoisotopic (exact) mass is 221 g/mol. The van der Waals surface area contributed by atoms with E-state index in [9.17, 15) is 9.18 Å². The first-order chi connectivity index (χ1) is 7.59. The highest BCUT2D eigenvalue weighted by molar-refractivity contribution is 5.94. The maximum Gasteiger partial charge on any atom is 0.159 e. The second-order valence-electron chi connectivity index (χ2n) is 4.51. The fraction of sp³-hybridized carbons (Fsp3) is 0.462. The van der Waals surface area contributed by atoms with Crippen LogP contribution in [-0.2, 0) is 6.42 Å². The Balaban J connectivity index is 2.15. The van der Waals surface area contributed by atoms with E-state index >= 15 is 0 Å². The Hall–Kier alpha value is -1.22. The number of rotatable bonds is 3. The Bertz CT molecular complexity index is 397. The van der Waals surface area contributed by atoms with E-state index in [0.717, 1.165) is 12.1 Å². The summed E-state index contributed by atoms with van der Waals surface area (Å²) >= 11 is 0. The Morgan fingerprint density at radius 2 is 2.38 bits per heavy atom. The van der Waals surface area contributed by atoms with Crippen LogP contribution >= 0.6 is 0 Å². The van der Waals surface area contributed by atoms with Gasteiger partial charge in [-0.3, -0.25) is 4.79 Å². The van der Waals surface area contributed by atoms with Crippen LogP contribution in [0.3, 0.4) is 0 Å². The third-order valence-corrected chi connectivity index (χ3v) is 3.05. The van der Waals surface area contributed by atoms with E-state index in [0.29, 0.717) is 24.9 Å². The average molecular weight is 221 g/mol. The molecule has 1 atom stereocenters. The minimum absolute atomic E-state index is 0.0271. The molecule has 0 amide bonds. The topological polar surface area (TPSA) is 29.1 Å². The van der Waals surface area contributed by atoms with Crippen LogP contribution in [-0.4, -0.2) is 24.5 Å². The summed E-state index contributed by atoms with van der Waals surface area (Å²) in [5.74, 6) is 0.0271. The van der Waals surface area contributed by atoms with Gasteiger partial charge < -0.3 is 5.32 Å². The number of alkyl halides is 1. The van der Waals surface area contributed by atoms with Crippen molar-refractivity contribution in [1.82, 2.24) is 5.32 Å². The predicted molar refractivity (Wildman–Crippen MR) is 61.5 cm³/mol. The number of benzene rings is 1. The first-order valence-corrected chi connectivity index (χ1v) is 5.59. The second kappa shape index (κ2) is 4.34. The third kappa shape index (κ3) is 2.47. The highest BCUT2D eigenvalue weighted by atomic mass is 19.1. The van der Waals surface area contributed by atoms with Gasteiger partial charge in [0.1, 0.15) is 5.67 Å². The molecule has 1 heterocycles. The van der Waals surface area contributed by atoms with E-state index in [1.54, 1.807) is 12.1 Å². The minimum Gasteiger partial charge on any atom is -0.313 e. The molecule has 16 heavy (non-hydrogen) atoms. The van der Waals surface area contributed by atoms with Crippen molar-refractivity contribution >= 4 is 5.78 Å². The van der Waals surface area contributed by atoms with Crippen molar-refractivity contribution in [2.45, 2.75) is 25.4 Å². The van der Waals surface area contributed by atoms with Gasteiger partial charge >= 0.3 is 0 Å². The van der Waals surface area contributed by atoms with Crippen LogP contribution in [0.1, 0.15) is 29.3 Å². The SMILES string of the molecule is CC(=O)c1cccc(CC2(F)CCNC2)c1. The van der Waals surface area contributed by atoms with Crippen LogP contribution < -0.4 is 5.32 Å². The van der Waals surface area contributed by atoms with Crippen LogP contribution in [0.4, 0.5) is 4.39 Å². The number of hydrogen-bond acceptors (Lipinski definition) is 2. The van der Waals surface area contributed by atoms with Gasteiger partial charge in [-0.25, -0.2) is 4.39 Å². The van der Waals surface area contributed by atoms with Crippen molar-refractivity contribution in [2.75, 3.05) is 13.1 Å². The molecular formula is C13H16FNO. The van der Waals surface area contributed by atoms with Crippen LogP contribution in [0.25, 0.3) is 0 Å². The largest absolute Gasteiger partial charge is 0.313 e. The molecule has 0 spiro atoms. The van der Waals surface area contributed by atoms with Crippen molar-refractivity contribution in [1.29, 1.82) is 0 Å². The van der Waals surface area contributed by atoms with Gasteiger partial charge in [-0.1, -0.05) is 18.2 Å². The molecule has 1 saturated heterocycles. The van der Waals surface area contributed by atoms with Crippen molar-refractivity contribution in [3.63, 3.8) is 0 Å². The normalized spacial score (nSPS) is 24.6. The molecule has 3 heteroatoms. The molecule has 2 nitrogen and oxygen atoms in total. The highest BCUT2D eigenvalue weighted by Crippen LogP contribution is 2.25. The Morgan fingerprint density at radius 1 is 1.56 bits per heavy atom. The lowest BCUT2D eigenvalue weighted by Gasteiger charge is -2.18. The van der Waals surface area contributed by atoms with Crippen LogP contribution in [0.5, 0.6) is 0 Å². The smallest absolute Gasteiger partial charge is 0.159 e. The molecule has 2 rings (SSSR count). The van der Waals surface area contributed by atoms with Crippen LogP contribution in [0, 0.1) is 0 Å². The first-order valence-electron chi connectivity index (χ1n) is 5.59. The van der Waals surface area contributed by atoms with Gasteiger partial charge in [-0.2, -0.15) is 0 Å². The van der Waals surface area contributed by atoms with Gasteiger partial charge in [0.05, 0.1) is 0 Å². The Morgan fingerprint density at radius 3 is 3.00 bits per heavy atom. The average Bonchev–Trinajstić information content (AvgIpc) is 2.65. The molecule has 0 saturated carbocycles. The van der Waals surface area contributed by atoms with E-state index in [4.69, 9.17) is 0 Å². The van der Waals surface area contributed by atoms with E-state index in [1.807, 2.05) is 12.1 Å². The zero-order chi connectivity index (χ0) is 11.6. The Labute approximate surface area is 94.9 Å². The van der Waals surface area contributed by atoms with E-state index in [2.05, 4.69) is 5.32 Å². The molecule has 1 N–H and O–H groups in total. The standard InChI is InChI=1S/C13H16FNO/c1-10(16)12-4-2-3-11(7-12)8-13(14)5-6-15-9-13/h2-4,7,15H,5-6,8-9H2,1H3. The molecule has 0 aromatic heterocycles. The fourth-order valence-electron chi connectivity index (χ4n) is 2.13. The van der Waals surface area contributed by atoms with Gasteiger partial charge in [0.2, 0.25) is 0 Å². The summed E-state index contributed by atoms with van der Waals surface area (Å²) in [6, 6.07) is 7.26. The summed E-state index contributed by atoms with van der Waals surface area (Å²) < 4.78 is 14.2. The zero-order valence-electron chi connectivity index (χ0n) is 9.42. The van der Waals surface area contributed by atoms with Crippen LogP contribution in [0.2, 0.25) is 0 Å². The number of carbonyl (C=O) groups is 1. The summed E-state index contributed by atoms with van der Waals surface area (Å²) in [4.78, 5) is 11.2. The lowest BCUT2D eigenvalue weighted by molar-refractivity contribution is 0.101. The molecule has 86 valence electrons. The lowest BCUT2D eigenvalue weighted by Crippen LogP contribution is -2.28. The summed E-state index contributed by atoms with van der Waals surface area (Å²) in [5, 5.41) is 3.03. The molecule has 0 radical (unpaired) electrons. The highest BCUT2D eigenvalue weighted by Gasteiger charge is 2.33. The van der Waals surface area contributed by atoms with Gasteiger partial charge in [-0.15, -0.1) is 0 Å². The molecule has 1 aromatic rings. The summed E-state index contributed by atoms with van der Waals surface area (Å²) in [6.07, 6.45) is 0.943. The van der Waals surface area contributed by atoms with Gasteiger partial charge in [0, 0.05) is 18.5 Å². The van der Waals surface area contributed by atoms with Gasteiger partial charge in [-0.05, 0) is 31.5 Å². The molecule has 1 aromatic carbocycles. The summed E-state index contributed by atoms with van der Waals surface area (Å²) in [7, 11) is 0. The third-order valence-electron chi connectivity index (χ3n) is 3.05. The number of carbonyl (C=O) groups excluding carboxylic acids is 1. The molecule has 0 aliphatic carbocycles. The van der Waals surface area contributed by atoms with E-state index in [-0.39, 0.29) is 5.78 Å². The minimum atomic E-state index is -1.14. The maximum absolute atomic E-state index is 14.2. The van der Waals surface area contributed by atoms with E-state index < -0.39 is 5.67 Å². The number of Topliss-reactive ketones (excluding diaryl/α,β-unsaturated/α-hetero) is 1. The maximum atomic E-state index is 14.2. The summed E-state index contributed by atoms with van der Waals surface area (Å²) in [5.41, 5.74) is 0.418. The molecule has 1 fully saturated rings. The van der Waals surface area contributed by atoms with Crippen molar-refractivity contribution in [3.05, 3.63) is 35.4 Å². The molecule has 1 aliphatic heterocycles. The van der Waals surface area contributed by atoms with Gasteiger partial charge in [0.15, 0.2) is 5.78 Å². The molecular weight excluding hydrogens is 205 g/mol.